The van der Waals surface area contributed by atoms with Crippen molar-refractivity contribution in [1.82, 2.24) is 19.6 Å². The van der Waals surface area contributed by atoms with Crippen molar-refractivity contribution >= 4 is 34.5 Å². The highest BCUT2D eigenvalue weighted by molar-refractivity contribution is 7.12. The number of hydrogen-bond acceptors (Lipinski definition) is 4. The van der Waals surface area contributed by atoms with E-state index in [0.29, 0.717) is 23.0 Å². The first-order valence-electron chi connectivity index (χ1n) is 9.56. The van der Waals surface area contributed by atoms with Gasteiger partial charge >= 0.3 is 0 Å². The first kappa shape index (κ1) is 20.4. The highest BCUT2D eigenvalue weighted by atomic mass is 35.5. The summed E-state index contributed by atoms with van der Waals surface area (Å²) >= 11 is 7.32. The molecule has 0 unspecified atom stereocenters. The number of aromatic nitrogens is 4. The largest absolute Gasteiger partial charge is 0.318 e. The van der Waals surface area contributed by atoms with Crippen molar-refractivity contribution in [3.05, 3.63) is 86.1 Å². The molecule has 4 aromatic rings. The molecule has 1 aromatic carbocycles. The molecule has 154 valence electrons. The Balaban J connectivity index is 1.48. The minimum absolute atomic E-state index is 0.133. The van der Waals surface area contributed by atoms with Gasteiger partial charge in [-0.3, -0.25) is 14.2 Å². The Hall–Kier alpha value is -2.90. The monoisotopic (exact) mass is 439 g/mol. The third kappa shape index (κ3) is 4.32. The van der Waals surface area contributed by atoms with Crippen LogP contribution in [0.4, 0.5) is 5.69 Å². The molecule has 30 heavy (non-hydrogen) atoms. The third-order valence-corrected chi connectivity index (χ3v) is 6.20. The van der Waals surface area contributed by atoms with Gasteiger partial charge in [0, 0.05) is 6.20 Å². The number of nitrogens with one attached hydrogen (secondary N) is 1. The molecule has 1 amide bonds. The molecule has 0 fully saturated rings. The Labute approximate surface area is 184 Å². The zero-order valence-electron chi connectivity index (χ0n) is 17.0. The van der Waals surface area contributed by atoms with Gasteiger partial charge in [0.2, 0.25) is 0 Å². The van der Waals surface area contributed by atoms with E-state index < -0.39 is 0 Å². The maximum Gasteiger partial charge on any atom is 0.265 e. The lowest BCUT2D eigenvalue weighted by molar-refractivity contribution is 0.103. The van der Waals surface area contributed by atoms with Gasteiger partial charge in [0.15, 0.2) is 0 Å². The van der Waals surface area contributed by atoms with Crippen molar-refractivity contribution in [3.63, 3.8) is 0 Å². The van der Waals surface area contributed by atoms with Crippen LogP contribution in [0.15, 0.2) is 48.1 Å². The van der Waals surface area contributed by atoms with Gasteiger partial charge in [-0.1, -0.05) is 35.9 Å². The van der Waals surface area contributed by atoms with Gasteiger partial charge in [-0.25, -0.2) is 0 Å². The number of thiophene rings is 1. The summed E-state index contributed by atoms with van der Waals surface area (Å²) in [6.45, 7) is 7.23. The van der Waals surface area contributed by atoms with Crippen LogP contribution in [0.5, 0.6) is 0 Å². The summed E-state index contributed by atoms with van der Waals surface area (Å²) in [7, 11) is 0. The van der Waals surface area contributed by atoms with Crippen molar-refractivity contribution in [2.24, 2.45) is 0 Å². The molecule has 1 N–H and O–H groups in total. The van der Waals surface area contributed by atoms with E-state index in [0.717, 1.165) is 22.6 Å². The summed E-state index contributed by atoms with van der Waals surface area (Å²) in [4.78, 5) is 13.5. The zero-order valence-corrected chi connectivity index (χ0v) is 18.6. The highest BCUT2D eigenvalue weighted by Crippen LogP contribution is 2.24. The molecule has 4 rings (SSSR count). The van der Waals surface area contributed by atoms with E-state index in [4.69, 9.17) is 11.6 Å². The maximum atomic E-state index is 12.8. The average molecular weight is 440 g/mol. The van der Waals surface area contributed by atoms with Crippen molar-refractivity contribution < 1.29 is 4.79 Å². The van der Waals surface area contributed by atoms with Crippen molar-refractivity contribution in [2.45, 2.75) is 33.9 Å². The summed E-state index contributed by atoms with van der Waals surface area (Å²) in [6.07, 6.45) is 3.36. The predicted molar refractivity (Wildman–Crippen MR) is 121 cm³/mol. The van der Waals surface area contributed by atoms with E-state index in [1.165, 1.54) is 22.5 Å². The molecule has 6 nitrogen and oxygen atoms in total. The number of hydrogen-bond donors (Lipinski definition) is 1. The van der Waals surface area contributed by atoms with Crippen molar-refractivity contribution in [3.8, 4) is 0 Å². The minimum atomic E-state index is -0.133. The molecule has 8 heteroatoms. The second kappa shape index (κ2) is 8.45. The number of benzene rings is 1. The molecule has 0 atom stereocenters. The normalized spacial score (nSPS) is 11.1. The van der Waals surface area contributed by atoms with Gasteiger partial charge < -0.3 is 5.32 Å². The maximum absolute atomic E-state index is 12.8. The molecular formula is C22H22ClN5OS. The Morgan fingerprint density at radius 1 is 1.20 bits per heavy atom. The second-order valence-electron chi connectivity index (χ2n) is 7.26. The number of nitrogens with zero attached hydrogens (tertiary/aromatic N) is 4. The molecule has 0 aliphatic carbocycles. The number of aryl methyl sites for hydroxylation is 2. The van der Waals surface area contributed by atoms with Crippen LogP contribution in [-0.2, 0) is 13.1 Å². The first-order chi connectivity index (χ1) is 14.4. The lowest BCUT2D eigenvalue weighted by Crippen LogP contribution is -2.12. The van der Waals surface area contributed by atoms with E-state index in [-0.39, 0.29) is 5.91 Å². The van der Waals surface area contributed by atoms with Crippen LogP contribution in [0.3, 0.4) is 0 Å². The first-order valence-corrected chi connectivity index (χ1v) is 10.8. The van der Waals surface area contributed by atoms with Crippen molar-refractivity contribution in [2.75, 3.05) is 5.32 Å². The summed E-state index contributed by atoms with van der Waals surface area (Å²) < 4.78 is 3.69. The van der Waals surface area contributed by atoms with Gasteiger partial charge in [0.1, 0.15) is 0 Å². The van der Waals surface area contributed by atoms with Gasteiger partial charge in [-0.2, -0.15) is 10.2 Å². The molecule has 3 heterocycles. The van der Waals surface area contributed by atoms with E-state index in [2.05, 4.69) is 34.6 Å². The third-order valence-electron chi connectivity index (χ3n) is 5.03. The molecule has 0 radical (unpaired) electrons. The fourth-order valence-corrected chi connectivity index (χ4v) is 4.30. The number of anilines is 1. The standard InChI is InChI=1S/C22H22ClN5OS/c1-14-6-4-5-7-18(14)11-28-16(3)21(15(2)26-28)25-22(29)20-8-17(13-30-20)10-27-12-19(23)9-24-27/h4-9,12-13H,10-11H2,1-3H3,(H,25,29). The molecule has 0 saturated heterocycles. The molecule has 0 spiro atoms. The van der Waals surface area contributed by atoms with E-state index >= 15 is 0 Å². The predicted octanol–water partition coefficient (Wildman–Crippen LogP) is 5.07. The van der Waals surface area contributed by atoms with Crippen LogP contribution in [0.2, 0.25) is 5.02 Å². The van der Waals surface area contributed by atoms with Gasteiger partial charge in [-0.15, -0.1) is 11.3 Å². The minimum Gasteiger partial charge on any atom is -0.318 e. The quantitative estimate of drug-likeness (QED) is 0.456. The number of rotatable bonds is 6. The summed E-state index contributed by atoms with van der Waals surface area (Å²) in [5.74, 6) is -0.133. The Kier molecular flexibility index (Phi) is 5.74. The van der Waals surface area contributed by atoms with E-state index in [9.17, 15) is 4.79 Å². The summed E-state index contributed by atoms with van der Waals surface area (Å²) in [6, 6.07) is 10.1. The van der Waals surface area contributed by atoms with Crippen LogP contribution >= 0.6 is 22.9 Å². The summed E-state index contributed by atoms with van der Waals surface area (Å²) in [5.41, 5.74) is 5.95. The van der Waals surface area contributed by atoms with Crippen LogP contribution in [0, 0.1) is 20.8 Å². The lowest BCUT2D eigenvalue weighted by atomic mass is 10.1. The van der Waals surface area contributed by atoms with Crippen LogP contribution in [0.1, 0.15) is 37.7 Å². The molecule has 3 aromatic heterocycles. The van der Waals surface area contributed by atoms with Gasteiger partial charge in [-0.05, 0) is 48.9 Å². The molecule has 0 aliphatic heterocycles. The Morgan fingerprint density at radius 2 is 2.00 bits per heavy atom. The fourth-order valence-electron chi connectivity index (χ4n) is 3.35. The fraction of sp³-hybridized carbons (Fsp3) is 0.227. The Morgan fingerprint density at radius 3 is 2.73 bits per heavy atom. The van der Waals surface area contributed by atoms with Crippen LogP contribution < -0.4 is 5.32 Å². The highest BCUT2D eigenvalue weighted by Gasteiger charge is 2.17. The molecular weight excluding hydrogens is 418 g/mol. The average Bonchev–Trinajstić information content (AvgIpc) is 3.41. The molecule has 0 saturated carbocycles. The van der Waals surface area contributed by atoms with E-state index in [1.807, 2.05) is 42.1 Å². The van der Waals surface area contributed by atoms with Crippen molar-refractivity contribution in [1.29, 1.82) is 0 Å². The van der Waals surface area contributed by atoms with Gasteiger partial charge in [0.05, 0.1) is 46.3 Å². The number of carbonyl (C=O) groups is 1. The topological polar surface area (TPSA) is 64.7 Å². The number of carbonyl (C=O) groups excluding carboxylic acids is 1. The number of halogens is 1. The van der Waals surface area contributed by atoms with Crippen LogP contribution in [-0.4, -0.2) is 25.5 Å². The zero-order chi connectivity index (χ0) is 21.3. The second-order valence-corrected chi connectivity index (χ2v) is 8.61. The van der Waals surface area contributed by atoms with E-state index in [1.54, 1.807) is 17.1 Å². The smallest absolute Gasteiger partial charge is 0.265 e. The Bertz CT molecular complexity index is 1210. The molecule has 0 bridgehead atoms. The molecule has 0 aliphatic rings. The van der Waals surface area contributed by atoms with Crippen LogP contribution in [0.25, 0.3) is 0 Å². The SMILES string of the molecule is Cc1ccccc1Cn1nc(C)c(NC(=O)c2cc(Cn3cc(Cl)cn3)cs2)c1C. The van der Waals surface area contributed by atoms with Gasteiger partial charge in [0.25, 0.3) is 5.91 Å². The number of amides is 1. The lowest BCUT2D eigenvalue weighted by Gasteiger charge is -2.08. The summed E-state index contributed by atoms with van der Waals surface area (Å²) in [5, 5.41) is 14.4.